The molecule has 0 aliphatic heterocycles. The van der Waals surface area contributed by atoms with Crippen molar-refractivity contribution < 1.29 is 14.3 Å². The number of unbranched alkanes of at least 4 members (excludes halogenated alkanes) is 1. The van der Waals surface area contributed by atoms with Gasteiger partial charge in [0.05, 0.1) is 18.8 Å². The third-order valence-electron chi connectivity index (χ3n) is 3.28. The zero-order valence-electron chi connectivity index (χ0n) is 12.8. The first-order chi connectivity index (χ1) is 10.1. The van der Waals surface area contributed by atoms with Crippen LogP contribution in [-0.4, -0.2) is 31.2 Å². The number of aldehydes is 1. The summed E-state index contributed by atoms with van der Waals surface area (Å²) in [4.78, 5) is 24.2. The lowest BCUT2D eigenvalue weighted by Crippen LogP contribution is -2.34. The molecular formula is C16H22ClNO3. The summed E-state index contributed by atoms with van der Waals surface area (Å²) in [5.74, 6) is 0.288. The quantitative estimate of drug-likeness (QED) is 0.420. The van der Waals surface area contributed by atoms with E-state index < -0.39 is 0 Å². The maximum Gasteiger partial charge on any atom is 0.242 e. The summed E-state index contributed by atoms with van der Waals surface area (Å²) in [7, 11) is 0. The number of hydrogen-bond donors (Lipinski definition) is 0. The first-order valence-corrected chi connectivity index (χ1v) is 7.63. The Morgan fingerprint density at radius 1 is 1.38 bits per heavy atom. The summed E-state index contributed by atoms with van der Waals surface area (Å²) in [5, 5.41) is 0. The number of nitrogens with zero attached hydrogens (tertiary/aromatic N) is 1. The summed E-state index contributed by atoms with van der Waals surface area (Å²) in [6, 6.07) is 3.79. The third kappa shape index (κ3) is 4.46. The van der Waals surface area contributed by atoms with Gasteiger partial charge in [0.1, 0.15) is 17.9 Å². The maximum absolute atomic E-state index is 12.0. The van der Waals surface area contributed by atoms with Crippen LogP contribution in [0.25, 0.3) is 0 Å². The maximum atomic E-state index is 12.0. The van der Waals surface area contributed by atoms with E-state index in [-0.39, 0.29) is 18.3 Å². The second kappa shape index (κ2) is 8.67. The van der Waals surface area contributed by atoms with Crippen LogP contribution in [0.4, 0.5) is 5.69 Å². The van der Waals surface area contributed by atoms with Crippen LogP contribution in [0.2, 0.25) is 0 Å². The van der Waals surface area contributed by atoms with Gasteiger partial charge in [-0.1, -0.05) is 19.4 Å². The number of amides is 1. The van der Waals surface area contributed by atoms with Crippen molar-refractivity contribution in [2.45, 2.75) is 33.6 Å². The number of carbonyl (C=O) groups excluding carboxylic acids is 2. The molecule has 0 spiro atoms. The number of hydrogen-bond acceptors (Lipinski definition) is 3. The number of alkyl halides is 1. The van der Waals surface area contributed by atoms with Crippen LogP contribution in [0.1, 0.15) is 30.9 Å². The highest BCUT2D eigenvalue weighted by Crippen LogP contribution is 2.32. The molecule has 0 N–H and O–H groups in total. The Labute approximate surface area is 131 Å². The number of aryl methyl sites for hydroxylation is 1. The lowest BCUT2D eigenvalue weighted by molar-refractivity contribution is -0.117. The Bertz CT molecular complexity index is 503. The predicted octanol–water partition coefficient (Wildman–Crippen LogP) is 3.25. The zero-order chi connectivity index (χ0) is 15.8. The molecule has 0 unspecified atom stereocenters. The molecular weight excluding hydrogens is 290 g/mol. The summed E-state index contributed by atoms with van der Waals surface area (Å²) in [6.45, 7) is 6.52. The van der Waals surface area contributed by atoms with Crippen LogP contribution < -0.4 is 9.64 Å². The molecule has 5 heteroatoms. The molecule has 116 valence electrons. The Morgan fingerprint density at radius 3 is 2.67 bits per heavy atom. The fourth-order valence-electron chi connectivity index (χ4n) is 2.18. The Balaban J connectivity index is 3.16. The molecule has 0 radical (unpaired) electrons. The number of carbonyl (C=O) groups is 2. The highest BCUT2D eigenvalue weighted by Gasteiger charge is 2.20. The first-order valence-electron chi connectivity index (χ1n) is 7.09. The van der Waals surface area contributed by atoms with Gasteiger partial charge in [-0.15, -0.1) is 11.6 Å². The molecule has 0 bridgehead atoms. The Hall–Kier alpha value is -1.55. The second-order valence-electron chi connectivity index (χ2n) is 4.86. The van der Waals surface area contributed by atoms with Crippen molar-refractivity contribution in [3.8, 4) is 5.75 Å². The van der Waals surface area contributed by atoms with E-state index >= 15 is 0 Å². The van der Waals surface area contributed by atoms with Crippen molar-refractivity contribution in [3.63, 3.8) is 0 Å². The lowest BCUT2D eigenvalue weighted by Gasteiger charge is -2.25. The minimum Gasteiger partial charge on any atom is -0.493 e. The summed E-state index contributed by atoms with van der Waals surface area (Å²) in [5.41, 5.74) is 2.48. The molecule has 0 heterocycles. The fourth-order valence-corrected chi connectivity index (χ4v) is 2.32. The van der Waals surface area contributed by atoms with Crippen LogP contribution in [0.5, 0.6) is 5.75 Å². The molecule has 1 aromatic carbocycles. The minimum atomic E-state index is -0.291. The topological polar surface area (TPSA) is 46.6 Å². The molecule has 1 amide bonds. The molecule has 0 aliphatic carbocycles. The third-order valence-corrected chi connectivity index (χ3v) is 3.51. The van der Waals surface area contributed by atoms with Gasteiger partial charge in [0.2, 0.25) is 5.91 Å². The molecule has 0 fully saturated rings. The lowest BCUT2D eigenvalue weighted by atomic mass is 10.1. The number of benzene rings is 1. The molecule has 0 aromatic heterocycles. The molecule has 4 nitrogen and oxygen atoms in total. The van der Waals surface area contributed by atoms with Crippen molar-refractivity contribution in [2.24, 2.45) is 0 Å². The predicted molar refractivity (Wildman–Crippen MR) is 85.5 cm³/mol. The van der Waals surface area contributed by atoms with Crippen LogP contribution >= 0.6 is 11.6 Å². The summed E-state index contributed by atoms with van der Waals surface area (Å²) in [6.07, 6.45) is 2.73. The number of halogens is 1. The van der Waals surface area contributed by atoms with Crippen molar-refractivity contribution in [1.29, 1.82) is 0 Å². The largest absolute Gasteiger partial charge is 0.493 e. The van der Waals surface area contributed by atoms with E-state index in [2.05, 4.69) is 6.92 Å². The molecule has 0 aliphatic rings. The zero-order valence-corrected chi connectivity index (χ0v) is 13.6. The molecule has 21 heavy (non-hydrogen) atoms. The molecule has 0 atom stereocenters. The van der Waals surface area contributed by atoms with Crippen molar-refractivity contribution in [1.82, 2.24) is 0 Å². The van der Waals surface area contributed by atoms with Gasteiger partial charge in [0.15, 0.2) is 0 Å². The smallest absolute Gasteiger partial charge is 0.242 e. The molecule has 1 rings (SSSR count). The van der Waals surface area contributed by atoms with Gasteiger partial charge < -0.3 is 14.4 Å². The fraction of sp³-hybridized carbons (Fsp3) is 0.500. The van der Waals surface area contributed by atoms with E-state index in [4.69, 9.17) is 16.3 Å². The van der Waals surface area contributed by atoms with E-state index in [1.54, 1.807) is 0 Å². The minimum absolute atomic E-state index is 0.00829. The van der Waals surface area contributed by atoms with Crippen molar-refractivity contribution >= 4 is 29.5 Å². The second-order valence-corrected chi connectivity index (χ2v) is 5.13. The van der Waals surface area contributed by atoms with Gasteiger partial charge in [-0.25, -0.2) is 0 Å². The van der Waals surface area contributed by atoms with Crippen molar-refractivity contribution in [3.05, 3.63) is 23.3 Å². The van der Waals surface area contributed by atoms with E-state index in [1.165, 1.54) is 4.90 Å². The first kappa shape index (κ1) is 17.5. The number of ether oxygens (including phenoxy) is 1. The van der Waals surface area contributed by atoms with Gasteiger partial charge in [0.25, 0.3) is 0 Å². The van der Waals surface area contributed by atoms with Crippen LogP contribution in [-0.2, 0) is 9.59 Å². The van der Waals surface area contributed by atoms with Gasteiger partial charge in [-0.2, -0.15) is 0 Å². The van der Waals surface area contributed by atoms with Crippen LogP contribution in [0.3, 0.4) is 0 Å². The average molecular weight is 312 g/mol. The van der Waals surface area contributed by atoms with Crippen LogP contribution in [0, 0.1) is 13.8 Å². The summed E-state index contributed by atoms with van der Waals surface area (Å²) < 4.78 is 5.76. The van der Waals surface area contributed by atoms with E-state index in [0.717, 1.165) is 29.7 Å². The van der Waals surface area contributed by atoms with Gasteiger partial charge >= 0.3 is 0 Å². The van der Waals surface area contributed by atoms with E-state index in [1.807, 2.05) is 26.0 Å². The van der Waals surface area contributed by atoms with Gasteiger partial charge in [-0.3, -0.25) is 4.79 Å². The number of anilines is 1. The van der Waals surface area contributed by atoms with E-state index in [9.17, 15) is 9.59 Å². The molecule has 1 aromatic rings. The van der Waals surface area contributed by atoms with Gasteiger partial charge in [0, 0.05) is 5.56 Å². The highest BCUT2D eigenvalue weighted by molar-refractivity contribution is 6.29. The van der Waals surface area contributed by atoms with Crippen LogP contribution in [0.15, 0.2) is 12.1 Å². The van der Waals surface area contributed by atoms with E-state index in [0.29, 0.717) is 18.6 Å². The SMILES string of the molecule is CCCCOc1ccc(C)c(N(CC=O)C(=O)CCl)c1C. The van der Waals surface area contributed by atoms with Gasteiger partial charge in [-0.05, 0) is 31.9 Å². The normalized spacial score (nSPS) is 10.3. The summed E-state index contributed by atoms with van der Waals surface area (Å²) >= 11 is 5.64. The standard InChI is InChI=1S/C16H22ClNO3/c1-4-5-10-21-14-7-6-12(2)16(13(14)3)18(8-9-19)15(20)11-17/h6-7,9H,4-5,8,10-11H2,1-3H3. The Kier molecular flexibility index (Phi) is 7.23. The average Bonchev–Trinajstić information content (AvgIpc) is 2.48. The number of rotatable bonds is 8. The van der Waals surface area contributed by atoms with Crippen molar-refractivity contribution in [2.75, 3.05) is 23.9 Å². The highest BCUT2D eigenvalue weighted by atomic mass is 35.5. The monoisotopic (exact) mass is 311 g/mol. The molecule has 0 saturated carbocycles. The molecule has 0 saturated heterocycles. The Morgan fingerprint density at radius 2 is 2.10 bits per heavy atom.